The highest BCUT2D eigenvalue weighted by atomic mass is 32.2. The van der Waals surface area contributed by atoms with E-state index in [0.29, 0.717) is 10.6 Å². The maximum atomic E-state index is 12.8. The Morgan fingerprint density at radius 3 is 2.45 bits per heavy atom. The van der Waals surface area contributed by atoms with Crippen molar-refractivity contribution < 1.29 is 18.0 Å². The summed E-state index contributed by atoms with van der Waals surface area (Å²) in [5.41, 5.74) is 3.66. The van der Waals surface area contributed by atoms with Gasteiger partial charge >= 0.3 is 6.18 Å². The van der Waals surface area contributed by atoms with E-state index in [4.69, 9.17) is 0 Å². The molecule has 7 heteroatoms. The summed E-state index contributed by atoms with van der Waals surface area (Å²) in [5.74, 6) is -0.338. The Morgan fingerprint density at radius 2 is 1.79 bits per heavy atom. The van der Waals surface area contributed by atoms with Gasteiger partial charge in [-0.2, -0.15) is 18.4 Å². The zero-order chi connectivity index (χ0) is 23.4. The van der Waals surface area contributed by atoms with E-state index >= 15 is 0 Å². The van der Waals surface area contributed by atoms with E-state index in [0.717, 1.165) is 65.5 Å². The molecule has 1 aliphatic carbocycles. The van der Waals surface area contributed by atoms with Crippen molar-refractivity contribution >= 4 is 29.7 Å². The fourth-order valence-corrected chi connectivity index (χ4v) is 4.70. The van der Waals surface area contributed by atoms with Gasteiger partial charge in [0.25, 0.3) is 0 Å². The summed E-state index contributed by atoms with van der Waals surface area (Å²) in [7, 11) is 0. The Morgan fingerprint density at radius 1 is 1.06 bits per heavy atom. The van der Waals surface area contributed by atoms with Gasteiger partial charge < -0.3 is 0 Å². The number of rotatable bonds is 6. The average Bonchev–Trinajstić information content (AvgIpc) is 3.29. The van der Waals surface area contributed by atoms with Crippen LogP contribution in [-0.2, 0) is 19.0 Å². The van der Waals surface area contributed by atoms with Gasteiger partial charge in [0.05, 0.1) is 16.9 Å². The molecule has 33 heavy (non-hydrogen) atoms. The molecule has 0 spiro atoms. The minimum atomic E-state index is -4.45. The van der Waals surface area contributed by atoms with Crippen LogP contribution in [-0.4, -0.2) is 16.5 Å². The number of ketones is 1. The molecule has 1 heterocycles. The number of Topliss-reactive ketones (excluding diaryl/α,β-unsaturated/α-hetero) is 1. The van der Waals surface area contributed by atoms with Crippen molar-refractivity contribution in [3.05, 3.63) is 93.7 Å². The zero-order valence-electron chi connectivity index (χ0n) is 17.5. The second kappa shape index (κ2) is 9.63. The van der Waals surface area contributed by atoms with E-state index in [1.165, 1.54) is 12.1 Å². The highest BCUT2D eigenvalue weighted by molar-refractivity contribution is 8.00. The summed E-state index contributed by atoms with van der Waals surface area (Å²) < 4.78 is 38.3. The number of aryl methyl sites for hydroxylation is 1. The van der Waals surface area contributed by atoms with Crippen LogP contribution in [0.25, 0.3) is 12.2 Å². The Balaban J connectivity index is 1.59. The molecule has 2 aromatic carbocycles. The number of thioether (sulfide) groups is 1. The van der Waals surface area contributed by atoms with Gasteiger partial charge in [-0.05, 0) is 48.1 Å². The molecule has 4 rings (SSSR count). The third-order valence-electron chi connectivity index (χ3n) is 5.46. The molecular weight excluding hydrogens is 445 g/mol. The van der Waals surface area contributed by atoms with E-state index in [-0.39, 0.29) is 17.1 Å². The van der Waals surface area contributed by atoms with Crippen molar-refractivity contribution in [1.82, 2.24) is 4.98 Å². The first-order chi connectivity index (χ1) is 15.9. The molecular formula is C26H19F3N2OS. The number of carbonyl (C=O) groups excluding carboxylic acids is 1. The number of hydrogen-bond donors (Lipinski definition) is 0. The van der Waals surface area contributed by atoms with Crippen LogP contribution in [0.2, 0.25) is 0 Å². The summed E-state index contributed by atoms with van der Waals surface area (Å²) in [6.45, 7) is 0. The largest absolute Gasteiger partial charge is 0.416 e. The molecule has 166 valence electrons. The van der Waals surface area contributed by atoms with Gasteiger partial charge in [0, 0.05) is 11.3 Å². The quantitative estimate of drug-likeness (QED) is 0.304. The van der Waals surface area contributed by atoms with Gasteiger partial charge in [-0.1, -0.05) is 66.4 Å². The Kier molecular flexibility index (Phi) is 6.66. The van der Waals surface area contributed by atoms with Crippen LogP contribution in [0.3, 0.4) is 0 Å². The van der Waals surface area contributed by atoms with Gasteiger partial charge in [0.15, 0.2) is 5.78 Å². The summed E-state index contributed by atoms with van der Waals surface area (Å²) >= 11 is 1.15. The van der Waals surface area contributed by atoms with E-state index in [2.05, 4.69) is 11.1 Å². The normalized spacial score (nSPS) is 13.2. The average molecular weight is 465 g/mol. The van der Waals surface area contributed by atoms with E-state index in [1.54, 1.807) is 0 Å². The molecule has 0 aliphatic heterocycles. The highest BCUT2D eigenvalue weighted by Gasteiger charge is 2.30. The fourth-order valence-electron chi connectivity index (χ4n) is 3.79. The second-order valence-corrected chi connectivity index (χ2v) is 8.59. The minimum absolute atomic E-state index is 0.0202. The van der Waals surface area contributed by atoms with Gasteiger partial charge in [0.2, 0.25) is 0 Å². The molecule has 0 saturated carbocycles. The molecule has 0 saturated heterocycles. The summed E-state index contributed by atoms with van der Waals surface area (Å²) in [4.78, 5) is 17.2. The maximum Gasteiger partial charge on any atom is 0.416 e. The van der Waals surface area contributed by atoms with Crippen LogP contribution >= 0.6 is 11.8 Å². The van der Waals surface area contributed by atoms with Crippen molar-refractivity contribution in [2.75, 3.05) is 5.75 Å². The molecule has 3 aromatic rings. The van der Waals surface area contributed by atoms with Crippen LogP contribution in [0.15, 0.2) is 59.6 Å². The van der Waals surface area contributed by atoms with Crippen LogP contribution in [0.1, 0.15) is 50.3 Å². The molecule has 0 fully saturated rings. The SMILES string of the molecule is N#Cc1c(SCC(=O)c2ccc(C(F)(F)F)cc2)nc2c(c1/C=C/c1ccccc1)CCC2. The fraction of sp³-hybridized carbons (Fsp3) is 0.192. The third-order valence-corrected chi connectivity index (χ3v) is 6.44. The molecule has 0 unspecified atom stereocenters. The lowest BCUT2D eigenvalue weighted by Crippen LogP contribution is -2.08. The van der Waals surface area contributed by atoms with Gasteiger partial charge in [-0.15, -0.1) is 0 Å². The maximum absolute atomic E-state index is 12.8. The molecule has 0 bridgehead atoms. The first-order valence-electron chi connectivity index (χ1n) is 10.4. The number of nitriles is 1. The topological polar surface area (TPSA) is 53.8 Å². The number of nitrogens with zero attached hydrogens (tertiary/aromatic N) is 2. The van der Waals surface area contributed by atoms with Crippen molar-refractivity contribution in [1.29, 1.82) is 5.26 Å². The van der Waals surface area contributed by atoms with Crippen LogP contribution in [0.5, 0.6) is 0 Å². The molecule has 0 radical (unpaired) electrons. The lowest BCUT2D eigenvalue weighted by molar-refractivity contribution is -0.137. The number of alkyl halides is 3. The number of aromatic nitrogens is 1. The van der Waals surface area contributed by atoms with E-state index in [1.807, 2.05) is 42.5 Å². The Bertz CT molecular complexity index is 1240. The van der Waals surface area contributed by atoms with Crippen molar-refractivity contribution in [2.24, 2.45) is 0 Å². The number of fused-ring (bicyclic) bond motifs is 1. The molecule has 0 amide bonds. The minimum Gasteiger partial charge on any atom is -0.293 e. The first kappa shape index (κ1) is 22.8. The second-order valence-electron chi connectivity index (χ2n) is 7.63. The van der Waals surface area contributed by atoms with E-state index in [9.17, 15) is 23.2 Å². The molecule has 1 aliphatic rings. The van der Waals surface area contributed by atoms with Gasteiger partial charge in [0.1, 0.15) is 11.1 Å². The predicted molar refractivity (Wildman–Crippen MR) is 123 cm³/mol. The first-order valence-corrected chi connectivity index (χ1v) is 11.4. The molecule has 3 nitrogen and oxygen atoms in total. The smallest absolute Gasteiger partial charge is 0.293 e. The summed E-state index contributed by atoms with van der Waals surface area (Å²) in [6.07, 6.45) is 2.06. The summed E-state index contributed by atoms with van der Waals surface area (Å²) in [5, 5.41) is 10.4. The monoisotopic (exact) mass is 464 g/mol. The summed E-state index contributed by atoms with van der Waals surface area (Å²) in [6, 6.07) is 16.2. The molecule has 0 atom stereocenters. The Labute approximate surface area is 194 Å². The van der Waals surface area contributed by atoms with Crippen LogP contribution < -0.4 is 0 Å². The lowest BCUT2D eigenvalue weighted by Gasteiger charge is -2.12. The number of carbonyl (C=O) groups is 1. The number of hydrogen-bond acceptors (Lipinski definition) is 4. The van der Waals surface area contributed by atoms with Crippen LogP contribution in [0, 0.1) is 11.3 Å². The third kappa shape index (κ3) is 5.18. The standard InChI is InChI=1S/C26H19F3N2OS/c27-26(28,29)19-12-10-18(11-13-19)24(32)16-33-25-22(15-30)20(21-7-4-8-23(21)31-25)14-9-17-5-2-1-3-6-17/h1-3,5-6,9-14H,4,7-8,16H2/b14-9+. The predicted octanol–water partition coefficient (Wildman–Crippen LogP) is 6.61. The van der Waals surface area contributed by atoms with Crippen molar-refractivity contribution in [2.45, 2.75) is 30.5 Å². The van der Waals surface area contributed by atoms with Crippen molar-refractivity contribution in [3.8, 4) is 6.07 Å². The number of halogens is 3. The van der Waals surface area contributed by atoms with Crippen molar-refractivity contribution in [3.63, 3.8) is 0 Å². The van der Waals surface area contributed by atoms with E-state index < -0.39 is 11.7 Å². The number of pyridine rings is 1. The Hall–Kier alpha value is -3.37. The number of benzene rings is 2. The molecule has 1 aromatic heterocycles. The molecule has 0 N–H and O–H groups in total. The zero-order valence-corrected chi connectivity index (χ0v) is 18.3. The lowest BCUT2D eigenvalue weighted by atomic mass is 10.0. The van der Waals surface area contributed by atoms with Gasteiger partial charge in [-0.3, -0.25) is 4.79 Å². The van der Waals surface area contributed by atoms with Crippen LogP contribution in [0.4, 0.5) is 13.2 Å². The van der Waals surface area contributed by atoms with Gasteiger partial charge in [-0.25, -0.2) is 4.98 Å². The highest BCUT2D eigenvalue weighted by Crippen LogP contribution is 2.34.